The van der Waals surface area contributed by atoms with Crippen LogP contribution in [0.5, 0.6) is 0 Å². The Hall–Kier alpha value is -0.993. The Balaban J connectivity index is 3.57. The van der Waals surface area contributed by atoms with Gasteiger partial charge in [0.25, 0.3) is 0 Å². The van der Waals surface area contributed by atoms with Gasteiger partial charge in [-0.05, 0) is 0 Å². The van der Waals surface area contributed by atoms with Gasteiger partial charge in [0.2, 0.25) is 0 Å². The maximum Gasteiger partial charge on any atom is 0.360 e. The van der Waals surface area contributed by atoms with Gasteiger partial charge in [-0.3, -0.25) is 4.55 Å². The Bertz CT molecular complexity index is 466. The van der Waals surface area contributed by atoms with Crippen molar-refractivity contribution in [2.45, 2.75) is 19.6 Å². The largest absolute Gasteiger partial charge is 0.386 e. The summed E-state index contributed by atoms with van der Waals surface area (Å²) in [5.74, 6) is -2.26. The molecular formula is C7H10O6SSi. The zero-order chi connectivity index (χ0) is 12.0. The van der Waals surface area contributed by atoms with Crippen molar-refractivity contribution in [1.29, 1.82) is 0 Å². The number of rotatable bonds is 2. The molecule has 6 nitrogen and oxygen atoms in total. The fourth-order valence-electron chi connectivity index (χ4n) is 1.26. The highest BCUT2D eigenvalue weighted by Crippen LogP contribution is 2.29. The van der Waals surface area contributed by atoms with Gasteiger partial charge in [0.05, 0.1) is 13.3 Å². The molecule has 0 aliphatic carbocycles. The minimum atomic E-state index is -4.70. The van der Waals surface area contributed by atoms with Gasteiger partial charge in [-0.2, -0.15) is 8.42 Å². The van der Waals surface area contributed by atoms with Crippen LogP contribution in [0.25, 0.3) is 0 Å². The molecule has 1 aliphatic heterocycles. The number of hydrogen-bond acceptors (Lipinski definition) is 5. The average molecular weight is 250 g/mol. The van der Waals surface area contributed by atoms with E-state index < -0.39 is 35.0 Å². The second-order valence-corrected chi connectivity index (χ2v) is 10.5. The molecule has 0 fully saturated rings. The lowest BCUT2D eigenvalue weighted by molar-refractivity contribution is -0.150. The smallest absolute Gasteiger partial charge is 0.360 e. The number of cyclic esters (lactones) is 2. The molecule has 0 aromatic heterocycles. The van der Waals surface area contributed by atoms with Crippen LogP contribution in [0.15, 0.2) is 10.1 Å². The van der Waals surface area contributed by atoms with E-state index in [1.54, 1.807) is 19.6 Å². The van der Waals surface area contributed by atoms with Crippen molar-refractivity contribution < 1.29 is 27.3 Å². The predicted octanol–water partition coefficient (Wildman–Crippen LogP) is 0.0891. The topological polar surface area (TPSA) is 97.7 Å². The molecule has 1 N–H and O–H groups in total. The summed E-state index contributed by atoms with van der Waals surface area (Å²) in [5, 5.41) is -0.185. The zero-order valence-electron chi connectivity index (χ0n) is 8.40. The monoisotopic (exact) mass is 250 g/mol. The van der Waals surface area contributed by atoms with Crippen LogP contribution in [0.3, 0.4) is 0 Å². The summed E-state index contributed by atoms with van der Waals surface area (Å²) in [7, 11) is -7.05. The molecule has 0 bridgehead atoms. The van der Waals surface area contributed by atoms with E-state index in [-0.39, 0.29) is 5.20 Å². The van der Waals surface area contributed by atoms with Crippen LogP contribution >= 0.6 is 0 Å². The van der Waals surface area contributed by atoms with E-state index in [2.05, 4.69) is 4.74 Å². The third-order valence-electron chi connectivity index (χ3n) is 1.81. The Morgan fingerprint density at radius 3 is 1.87 bits per heavy atom. The lowest BCUT2D eigenvalue weighted by atomic mass is 10.5. The number of ether oxygens (including phenoxy) is 1. The van der Waals surface area contributed by atoms with Gasteiger partial charge in [-0.1, -0.05) is 19.6 Å². The highest BCUT2D eigenvalue weighted by molar-refractivity contribution is 7.91. The summed E-state index contributed by atoms with van der Waals surface area (Å²) in [6.07, 6.45) is 0. The molecule has 0 unspecified atom stereocenters. The molecule has 15 heavy (non-hydrogen) atoms. The summed E-state index contributed by atoms with van der Waals surface area (Å²) < 4.78 is 34.8. The van der Waals surface area contributed by atoms with Crippen LogP contribution in [0.2, 0.25) is 19.6 Å². The molecule has 0 atom stereocenters. The second kappa shape index (κ2) is 3.25. The highest BCUT2D eigenvalue weighted by Gasteiger charge is 2.45. The van der Waals surface area contributed by atoms with Crippen molar-refractivity contribution in [3.8, 4) is 0 Å². The van der Waals surface area contributed by atoms with Crippen LogP contribution in [0.4, 0.5) is 0 Å². The first kappa shape index (κ1) is 12.1. The Morgan fingerprint density at radius 1 is 1.13 bits per heavy atom. The van der Waals surface area contributed by atoms with Gasteiger partial charge in [0.15, 0.2) is 4.91 Å². The van der Waals surface area contributed by atoms with E-state index in [9.17, 15) is 18.0 Å². The van der Waals surface area contributed by atoms with Crippen molar-refractivity contribution in [2.75, 3.05) is 0 Å². The first-order valence-electron chi connectivity index (χ1n) is 4.04. The minimum Gasteiger partial charge on any atom is -0.386 e. The van der Waals surface area contributed by atoms with Crippen molar-refractivity contribution in [3.63, 3.8) is 0 Å². The van der Waals surface area contributed by atoms with Gasteiger partial charge in [-0.15, -0.1) is 0 Å². The minimum absolute atomic E-state index is 0.185. The first-order chi connectivity index (χ1) is 6.55. The first-order valence-corrected chi connectivity index (χ1v) is 8.98. The lowest BCUT2D eigenvalue weighted by Crippen LogP contribution is -2.29. The highest BCUT2D eigenvalue weighted by atomic mass is 32.2. The Labute approximate surface area is 87.7 Å². The average Bonchev–Trinajstić information content (AvgIpc) is 2.22. The molecule has 84 valence electrons. The van der Waals surface area contributed by atoms with E-state index in [0.717, 1.165) is 0 Å². The molecule has 1 aliphatic rings. The molecule has 0 saturated carbocycles. The number of hydrogen-bond donors (Lipinski definition) is 1. The molecule has 0 amide bonds. The molecule has 0 saturated heterocycles. The quantitative estimate of drug-likeness (QED) is 0.323. The van der Waals surface area contributed by atoms with Crippen molar-refractivity contribution in [3.05, 3.63) is 10.1 Å². The van der Waals surface area contributed by atoms with Crippen molar-refractivity contribution in [2.24, 2.45) is 0 Å². The maximum absolute atomic E-state index is 11.2. The summed E-state index contributed by atoms with van der Waals surface area (Å²) in [5.41, 5.74) is 0. The van der Waals surface area contributed by atoms with Crippen molar-refractivity contribution in [1.82, 2.24) is 0 Å². The van der Waals surface area contributed by atoms with E-state index >= 15 is 0 Å². The molecule has 0 spiro atoms. The Kier molecular flexibility index (Phi) is 2.62. The van der Waals surface area contributed by atoms with Crippen molar-refractivity contribution >= 4 is 30.1 Å². The van der Waals surface area contributed by atoms with Gasteiger partial charge in [0.1, 0.15) is 0 Å². The molecular weight excluding hydrogens is 240 g/mol. The molecule has 1 heterocycles. The second-order valence-electron chi connectivity index (χ2n) is 4.11. The molecule has 0 aromatic rings. The summed E-state index contributed by atoms with van der Waals surface area (Å²) >= 11 is 0. The fourth-order valence-corrected chi connectivity index (χ4v) is 4.60. The van der Waals surface area contributed by atoms with Crippen LogP contribution in [0, 0.1) is 0 Å². The van der Waals surface area contributed by atoms with Crippen LogP contribution in [0.1, 0.15) is 0 Å². The number of carbonyl (C=O) groups excluding carboxylic acids is 2. The van der Waals surface area contributed by atoms with E-state index in [4.69, 9.17) is 4.55 Å². The third-order valence-corrected chi connectivity index (χ3v) is 4.83. The summed E-state index contributed by atoms with van der Waals surface area (Å²) in [6, 6.07) is 0. The number of esters is 2. The third kappa shape index (κ3) is 2.16. The molecule has 1 rings (SSSR count). The van der Waals surface area contributed by atoms with Crippen LogP contribution in [-0.2, 0) is 24.4 Å². The van der Waals surface area contributed by atoms with E-state index in [1.165, 1.54) is 0 Å². The van der Waals surface area contributed by atoms with Crippen LogP contribution < -0.4 is 0 Å². The maximum atomic E-state index is 11.2. The molecule has 0 aromatic carbocycles. The fraction of sp³-hybridized carbons (Fsp3) is 0.429. The van der Waals surface area contributed by atoms with E-state index in [0.29, 0.717) is 0 Å². The zero-order valence-corrected chi connectivity index (χ0v) is 10.2. The normalized spacial score (nSPS) is 18.4. The predicted molar refractivity (Wildman–Crippen MR) is 53.0 cm³/mol. The lowest BCUT2D eigenvalue weighted by Gasteiger charge is -2.14. The van der Waals surface area contributed by atoms with Crippen LogP contribution in [-0.4, -0.2) is 33.0 Å². The number of carbonyl (C=O) groups is 2. The summed E-state index contributed by atoms with van der Waals surface area (Å²) in [6.45, 7) is 5.02. The van der Waals surface area contributed by atoms with Gasteiger partial charge < -0.3 is 4.74 Å². The Morgan fingerprint density at radius 2 is 1.60 bits per heavy atom. The van der Waals surface area contributed by atoms with E-state index in [1.807, 2.05) is 0 Å². The van der Waals surface area contributed by atoms with Gasteiger partial charge in [-0.25, -0.2) is 9.59 Å². The SMILES string of the molecule is C[Si](C)(C)C1=C(S(=O)(=O)O)C(=O)OC1=O. The standard InChI is InChI=1S/C7H10O6SSi/c1-15(2,3)5-4(14(10,11)12)6(8)13-7(5)9/h1-3H3,(H,10,11,12). The molecule has 8 heteroatoms. The van der Waals surface area contributed by atoms with Gasteiger partial charge in [0, 0.05) is 0 Å². The molecule has 0 radical (unpaired) electrons. The van der Waals surface area contributed by atoms with Gasteiger partial charge >= 0.3 is 22.1 Å². The summed E-state index contributed by atoms with van der Waals surface area (Å²) in [4.78, 5) is 21.4.